The summed E-state index contributed by atoms with van der Waals surface area (Å²) >= 11 is 0. The van der Waals surface area contributed by atoms with Crippen LogP contribution in [0.5, 0.6) is 0 Å². The van der Waals surface area contributed by atoms with E-state index in [0.29, 0.717) is 6.61 Å². The Kier molecular flexibility index (Phi) is 4.13. The zero-order valence-corrected chi connectivity index (χ0v) is 10.7. The van der Waals surface area contributed by atoms with Crippen molar-refractivity contribution in [1.29, 1.82) is 0 Å². The lowest BCUT2D eigenvalue weighted by molar-refractivity contribution is 0.132. The van der Waals surface area contributed by atoms with Gasteiger partial charge in [-0.1, -0.05) is 64.8 Å². The molecule has 0 aliphatic carbocycles. The van der Waals surface area contributed by atoms with Crippen LogP contribution in [0.15, 0.2) is 53.7 Å². The summed E-state index contributed by atoms with van der Waals surface area (Å²) in [5.41, 5.74) is 4.49. The molecule has 0 heterocycles. The second-order valence-electron chi connectivity index (χ2n) is 4.33. The molecular weight excluding hydrogens is 222 g/mol. The van der Waals surface area contributed by atoms with Crippen molar-refractivity contribution in [3.63, 3.8) is 0 Å². The van der Waals surface area contributed by atoms with Gasteiger partial charge in [0.15, 0.2) is 0 Å². The van der Waals surface area contributed by atoms with Crippen molar-refractivity contribution in [2.24, 2.45) is 5.16 Å². The Bertz CT molecular complexity index is 512. The average Bonchev–Trinajstić information content (AvgIpc) is 2.39. The quantitative estimate of drug-likeness (QED) is 0.587. The molecule has 2 nitrogen and oxygen atoms in total. The molecular formula is C16H16NO. The summed E-state index contributed by atoms with van der Waals surface area (Å²) in [6.45, 7) is 4.59. The molecule has 0 aliphatic heterocycles. The zero-order chi connectivity index (χ0) is 12.8. The summed E-state index contributed by atoms with van der Waals surface area (Å²) in [7, 11) is 0. The van der Waals surface area contributed by atoms with E-state index in [-0.39, 0.29) is 0 Å². The third kappa shape index (κ3) is 3.74. The maximum absolute atomic E-state index is 5.21. The molecule has 2 rings (SSSR count). The van der Waals surface area contributed by atoms with Crippen LogP contribution in [0.2, 0.25) is 0 Å². The minimum absolute atomic E-state index is 0.471. The highest BCUT2D eigenvalue weighted by atomic mass is 16.6. The molecule has 18 heavy (non-hydrogen) atoms. The first-order valence-corrected chi connectivity index (χ1v) is 5.94. The topological polar surface area (TPSA) is 21.6 Å². The van der Waals surface area contributed by atoms with E-state index in [4.69, 9.17) is 4.84 Å². The molecule has 2 aromatic rings. The maximum atomic E-state index is 5.21. The Morgan fingerprint density at radius 1 is 0.889 bits per heavy atom. The molecule has 0 bridgehead atoms. The van der Waals surface area contributed by atoms with Crippen molar-refractivity contribution in [1.82, 2.24) is 0 Å². The summed E-state index contributed by atoms with van der Waals surface area (Å²) in [4.78, 5) is 5.21. The molecule has 0 atom stereocenters. The van der Waals surface area contributed by atoms with Crippen LogP contribution in [0.4, 0.5) is 0 Å². The fraction of sp³-hybridized carbons (Fsp3) is 0.188. The highest BCUT2D eigenvalue weighted by Crippen LogP contribution is 2.05. The molecule has 1 radical (unpaired) electrons. The van der Waals surface area contributed by atoms with Gasteiger partial charge in [0.2, 0.25) is 0 Å². The van der Waals surface area contributed by atoms with Crippen molar-refractivity contribution in [3.05, 3.63) is 70.8 Å². The van der Waals surface area contributed by atoms with Gasteiger partial charge in [0.1, 0.15) is 12.8 Å². The first kappa shape index (κ1) is 12.4. The molecule has 0 fully saturated rings. The number of aryl methyl sites for hydroxylation is 2. The van der Waals surface area contributed by atoms with Gasteiger partial charge in [-0.25, -0.2) is 0 Å². The van der Waals surface area contributed by atoms with Crippen LogP contribution in [-0.2, 0) is 11.4 Å². The number of nitrogens with zero attached hydrogens (tertiary/aromatic N) is 1. The van der Waals surface area contributed by atoms with E-state index >= 15 is 0 Å². The van der Waals surface area contributed by atoms with Crippen LogP contribution in [0, 0.1) is 13.8 Å². The predicted molar refractivity (Wildman–Crippen MR) is 73.7 cm³/mol. The fourth-order valence-electron chi connectivity index (χ4n) is 1.50. The van der Waals surface area contributed by atoms with Crippen LogP contribution in [0.3, 0.4) is 0 Å². The molecule has 0 saturated carbocycles. The van der Waals surface area contributed by atoms with Gasteiger partial charge in [-0.05, 0) is 19.4 Å². The summed E-state index contributed by atoms with van der Waals surface area (Å²) in [5, 5.41) is 3.84. The Morgan fingerprint density at radius 2 is 1.44 bits per heavy atom. The second kappa shape index (κ2) is 6.01. The van der Waals surface area contributed by atoms with Crippen molar-refractivity contribution < 1.29 is 4.84 Å². The lowest BCUT2D eigenvalue weighted by atomic mass is 10.2. The molecule has 0 spiro atoms. The minimum atomic E-state index is 0.471. The Labute approximate surface area is 108 Å². The fourth-order valence-corrected chi connectivity index (χ4v) is 1.50. The molecule has 0 saturated heterocycles. The normalized spacial score (nSPS) is 10.8. The number of rotatable bonds is 4. The van der Waals surface area contributed by atoms with E-state index < -0.39 is 0 Å². The smallest absolute Gasteiger partial charge is 0.142 e. The third-order valence-corrected chi connectivity index (χ3v) is 2.64. The number of hydrogen-bond acceptors (Lipinski definition) is 2. The van der Waals surface area contributed by atoms with Crippen molar-refractivity contribution in [2.45, 2.75) is 20.5 Å². The predicted octanol–water partition coefficient (Wildman–Crippen LogP) is 3.73. The second-order valence-corrected chi connectivity index (χ2v) is 4.33. The molecule has 0 aliphatic rings. The van der Waals surface area contributed by atoms with Gasteiger partial charge in [0.25, 0.3) is 0 Å². The van der Waals surface area contributed by atoms with Crippen LogP contribution < -0.4 is 0 Å². The molecule has 0 N–H and O–H groups in total. The standard InChI is InChI=1S/C16H16NO/c1-13-3-7-15(8-4-13)11-17-18-12-16-9-5-14(2)6-10-16/h3-10H,12H2,1-2H3. The minimum Gasteiger partial charge on any atom is -0.390 e. The van der Waals surface area contributed by atoms with E-state index in [0.717, 1.165) is 11.1 Å². The molecule has 91 valence electrons. The summed E-state index contributed by atoms with van der Waals surface area (Å²) in [6.07, 6.45) is 2.86. The zero-order valence-electron chi connectivity index (χ0n) is 10.7. The Morgan fingerprint density at radius 3 is 2.06 bits per heavy atom. The van der Waals surface area contributed by atoms with E-state index in [1.807, 2.05) is 36.4 Å². The van der Waals surface area contributed by atoms with Gasteiger partial charge in [-0.15, -0.1) is 0 Å². The van der Waals surface area contributed by atoms with Gasteiger partial charge < -0.3 is 4.84 Å². The summed E-state index contributed by atoms with van der Waals surface area (Å²) in [6, 6.07) is 16.2. The number of benzene rings is 2. The molecule has 0 amide bonds. The molecule has 0 aromatic heterocycles. The first-order valence-electron chi connectivity index (χ1n) is 5.94. The lowest BCUT2D eigenvalue weighted by Crippen LogP contribution is -1.88. The number of hydrogen-bond donors (Lipinski definition) is 0. The summed E-state index contributed by atoms with van der Waals surface area (Å²) < 4.78 is 0. The van der Waals surface area contributed by atoms with Crippen LogP contribution >= 0.6 is 0 Å². The third-order valence-electron chi connectivity index (χ3n) is 2.64. The Balaban J connectivity index is 1.84. The van der Waals surface area contributed by atoms with E-state index in [1.165, 1.54) is 11.1 Å². The highest BCUT2D eigenvalue weighted by Gasteiger charge is 1.92. The van der Waals surface area contributed by atoms with E-state index in [2.05, 4.69) is 37.4 Å². The first-order chi connectivity index (χ1) is 8.74. The van der Waals surface area contributed by atoms with Gasteiger partial charge in [-0.2, -0.15) is 0 Å². The highest BCUT2D eigenvalue weighted by molar-refractivity contribution is 5.79. The Hall–Kier alpha value is -2.09. The monoisotopic (exact) mass is 238 g/mol. The van der Waals surface area contributed by atoms with Crippen molar-refractivity contribution in [2.75, 3.05) is 0 Å². The summed E-state index contributed by atoms with van der Waals surface area (Å²) in [5.74, 6) is 0. The van der Waals surface area contributed by atoms with Crippen molar-refractivity contribution in [3.8, 4) is 0 Å². The average molecular weight is 238 g/mol. The van der Waals surface area contributed by atoms with E-state index in [9.17, 15) is 0 Å². The maximum Gasteiger partial charge on any atom is 0.142 e. The van der Waals surface area contributed by atoms with Crippen LogP contribution in [0.1, 0.15) is 22.3 Å². The lowest BCUT2D eigenvalue weighted by Gasteiger charge is -2.00. The molecule has 0 unspecified atom stereocenters. The SMILES string of the molecule is Cc1ccc(/[C]=N\OCc2ccc(C)cc2)cc1. The molecule has 2 heteroatoms. The van der Waals surface area contributed by atoms with Gasteiger partial charge in [0, 0.05) is 5.56 Å². The van der Waals surface area contributed by atoms with Crippen LogP contribution in [0.25, 0.3) is 0 Å². The van der Waals surface area contributed by atoms with Gasteiger partial charge >= 0.3 is 0 Å². The van der Waals surface area contributed by atoms with Crippen LogP contribution in [-0.4, -0.2) is 6.21 Å². The molecule has 2 aromatic carbocycles. The van der Waals surface area contributed by atoms with Crippen molar-refractivity contribution >= 4 is 6.21 Å². The largest absolute Gasteiger partial charge is 0.390 e. The van der Waals surface area contributed by atoms with Gasteiger partial charge in [0.05, 0.1) is 0 Å². The van der Waals surface area contributed by atoms with E-state index in [1.54, 1.807) is 0 Å². The van der Waals surface area contributed by atoms with Gasteiger partial charge in [-0.3, -0.25) is 0 Å².